The Labute approximate surface area is 249 Å². The Bertz CT molecular complexity index is 2230. The minimum absolute atomic E-state index is 0.570. The van der Waals surface area contributed by atoms with Gasteiger partial charge in [-0.1, -0.05) is 91.0 Å². The number of nitrogens with two attached hydrogens (primary N) is 1. The van der Waals surface area contributed by atoms with Crippen LogP contribution in [-0.2, 0) is 0 Å². The number of nitrogens with zero attached hydrogens (tertiary/aromatic N) is 3. The molecule has 8 aromatic rings. The predicted molar refractivity (Wildman–Crippen MR) is 178 cm³/mol. The molecular weight excluding hydrogens is 526 g/mol. The Morgan fingerprint density at radius 1 is 0.581 bits per heavy atom. The molecule has 3 aromatic heterocycles. The minimum Gasteiger partial charge on any atom is -0.337 e. The van der Waals surface area contributed by atoms with Crippen molar-refractivity contribution in [1.29, 1.82) is 0 Å². The zero-order valence-electron chi connectivity index (χ0n) is 23.4. The number of hydrogen-bond donors (Lipinski definition) is 2. The predicted octanol–water partition coefficient (Wildman–Crippen LogP) is 8.99. The highest BCUT2D eigenvalue weighted by Crippen LogP contribution is 2.38. The van der Waals surface area contributed by atoms with E-state index < -0.39 is 6.29 Å². The lowest BCUT2D eigenvalue weighted by atomic mass is 9.99. The van der Waals surface area contributed by atoms with E-state index in [4.69, 9.17) is 10.7 Å². The van der Waals surface area contributed by atoms with Crippen LogP contribution in [0.25, 0.3) is 60.6 Å². The number of rotatable bonds is 6. The number of fused-ring (bicyclic) bond motifs is 5. The van der Waals surface area contributed by atoms with Crippen molar-refractivity contribution in [3.8, 4) is 27.9 Å². The van der Waals surface area contributed by atoms with E-state index in [2.05, 4.69) is 142 Å². The highest BCUT2D eigenvalue weighted by atomic mass is 15.3. The van der Waals surface area contributed by atoms with Crippen LogP contribution in [0.3, 0.4) is 0 Å². The van der Waals surface area contributed by atoms with Gasteiger partial charge in [0.05, 0.1) is 16.6 Å². The normalized spacial score (nSPS) is 12.2. The van der Waals surface area contributed by atoms with Crippen LogP contribution in [-0.4, -0.2) is 14.1 Å². The van der Waals surface area contributed by atoms with Gasteiger partial charge in [-0.2, -0.15) is 0 Å². The molecule has 206 valence electrons. The van der Waals surface area contributed by atoms with Gasteiger partial charge in [-0.05, 0) is 65.2 Å². The fourth-order valence-corrected chi connectivity index (χ4v) is 6.27. The molecule has 0 aliphatic heterocycles. The molecule has 43 heavy (non-hydrogen) atoms. The van der Waals surface area contributed by atoms with Crippen LogP contribution >= 0.6 is 0 Å². The lowest BCUT2D eigenvalue weighted by Gasteiger charge is -2.21. The van der Waals surface area contributed by atoms with Crippen molar-refractivity contribution < 1.29 is 0 Å². The molecule has 0 saturated carbocycles. The highest BCUT2D eigenvalue weighted by molar-refractivity contribution is 6.17. The van der Waals surface area contributed by atoms with Gasteiger partial charge < -0.3 is 14.5 Å². The lowest BCUT2D eigenvalue weighted by molar-refractivity contribution is 0.624. The van der Waals surface area contributed by atoms with Crippen molar-refractivity contribution in [2.75, 3.05) is 5.32 Å². The number of benzene rings is 5. The first-order valence-corrected chi connectivity index (χ1v) is 14.5. The molecule has 5 heteroatoms. The van der Waals surface area contributed by atoms with Crippen molar-refractivity contribution in [3.05, 3.63) is 152 Å². The zero-order valence-corrected chi connectivity index (χ0v) is 23.4. The minimum atomic E-state index is -0.570. The van der Waals surface area contributed by atoms with Crippen LogP contribution in [0.1, 0.15) is 6.29 Å². The Hall–Kier alpha value is -5.65. The number of anilines is 1. The summed E-state index contributed by atoms with van der Waals surface area (Å²) in [6.45, 7) is 0. The molecule has 1 atom stereocenters. The summed E-state index contributed by atoms with van der Waals surface area (Å²) in [5.74, 6) is 0.736. The van der Waals surface area contributed by atoms with E-state index in [1.54, 1.807) is 0 Å². The summed E-state index contributed by atoms with van der Waals surface area (Å²) in [7, 11) is 0. The number of hydrogen-bond acceptors (Lipinski definition) is 3. The molecule has 5 nitrogen and oxygen atoms in total. The maximum absolute atomic E-state index is 7.09. The molecule has 5 aromatic carbocycles. The molecule has 0 fully saturated rings. The summed E-state index contributed by atoms with van der Waals surface area (Å²) in [4.78, 5) is 4.77. The largest absolute Gasteiger partial charge is 0.337 e. The van der Waals surface area contributed by atoms with Gasteiger partial charge >= 0.3 is 0 Å². The summed E-state index contributed by atoms with van der Waals surface area (Å²) in [5, 5.41) is 7.06. The van der Waals surface area contributed by atoms with Gasteiger partial charge in [0, 0.05) is 39.8 Å². The summed E-state index contributed by atoms with van der Waals surface area (Å²) in [6, 6.07) is 48.5. The van der Waals surface area contributed by atoms with Crippen LogP contribution in [0.5, 0.6) is 0 Å². The smallest absolute Gasteiger partial charge is 0.158 e. The van der Waals surface area contributed by atoms with E-state index in [0.717, 1.165) is 50.1 Å². The standard InChI is InChI=1S/C38H29N5/c39-38(41-37-30(18-10-23-40-37)28-14-9-13-27(25-28)26-11-3-1-4-12-26)43-35-19-8-7-17-31(35)32-20-21-34-33(36(32)43)22-24-42(34)29-15-5-2-6-16-29/h1-25,38H,39H2,(H,40,41). The molecule has 0 aliphatic carbocycles. The Morgan fingerprint density at radius 2 is 1.33 bits per heavy atom. The summed E-state index contributed by atoms with van der Waals surface area (Å²) in [5.41, 5.74) is 15.9. The Kier molecular flexibility index (Phi) is 6.02. The molecule has 3 heterocycles. The average Bonchev–Trinajstić information content (AvgIpc) is 3.65. The quantitative estimate of drug-likeness (QED) is 0.201. The summed E-state index contributed by atoms with van der Waals surface area (Å²) >= 11 is 0. The first kappa shape index (κ1) is 25.1. The van der Waals surface area contributed by atoms with E-state index in [9.17, 15) is 0 Å². The number of aromatic nitrogens is 3. The average molecular weight is 556 g/mol. The maximum Gasteiger partial charge on any atom is 0.158 e. The van der Waals surface area contributed by atoms with Crippen LogP contribution in [0.15, 0.2) is 152 Å². The molecule has 0 aliphatic rings. The third kappa shape index (κ3) is 4.26. The zero-order chi connectivity index (χ0) is 28.8. The van der Waals surface area contributed by atoms with Gasteiger partial charge in [0.1, 0.15) is 5.82 Å². The lowest BCUT2D eigenvalue weighted by Crippen LogP contribution is -2.27. The van der Waals surface area contributed by atoms with Crippen molar-refractivity contribution in [3.63, 3.8) is 0 Å². The number of pyridine rings is 1. The molecule has 0 saturated heterocycles. The SMILES string of the molecule is NC(Nc1ncccc1-c1cccc(-c2ccccc2)c1)n1c2ccccc2c2ccc3c(ccn3-c3ccccc3)c21. The van der Waals surface area contributed by atoms with Crippen molar-refractivity contribution >= 4 is 38.5 Å². The second-order valence-electron chi connectivity index (χ2n) is 10.7. The molecular formula is C38H29N5. The fourth-order valence-electron chi connectivity index (χ4n) is 6.27. The van der Waals surface area contributed by atoms with Gasteiger partial charge in [-0.3, -0.25) is 5.73 Å². The number of para-hydroxylation sites is 2. The van der Waals surface area contributed by atoms with E-state index in [1.165, 1.54) is 16.3 Å². The van der Waals surface area contributed by atoms with E-state index in [-0.39, 0.29) is 0 Å². The second-order valence-corrected chi connectivity index (χ2v) is 10.7. The first-order valence-electron chi connectivity index (χ1n) is 14.5. The second kappa shape index (κ2) is 10.3. The third-order valence-corrected chi connectivity index (χ3v) is 8.22. The van der Waals surface area contributed by atoms with Crippen LogP contribution in [0, 0.1) is 0 Å². The van der Waals surface area contributed by atoms with E-state index in [0.29, 0.717) is 0 Å². The molecule has 0 amide bonds. The van der Waals surface area contributed by atoms with Gasteiger partial charge in [-0.25, -0.2) is 4.98 Å². The fraction of sp³-hybridized carbons (Fsp3) is 0.0263. The van der Waals surface area contributed by atoms with Gasteiger partial charge in [-0.15, -0.1) is 0 Å². The van der Waals surface area contributed by atoms with Crippen molar-refractivity contribution in [2.24, 2.45) is 5.73 Å². The topological polar surface area (TPSA) is 60.8 Å². The first-order chi connectivity index (χ1) is 21.3. The third-order valence-electron chi connectivity index (χ3n) is 8.22. The van der Waals surface area contributed by atoms with Gasteiger partial charge in [0.15, 0.2) is 6.29 Å². The Balaban J connectivity index is 1.26. The maximum atomic E-state index is 7.09. The van der Waals surface area contributed by atoms with Crippen molar-refractivity contribution in [2.45, 2.75) is 6.29 Å². The van der Waals surface area contributed by atoms with Crippen LogP contribution in [0.2, 0.25) is 0 Å². The molecule has 0 bridgehead atoms. The molecule has 0 radical (unpaired) electrons. The monoisotopic (exact) mass is 555 g/mol. The number of nitrogens with one attached hydrogen (secondary N) is 1. The van der Waals surface area contributed by atoms with Crippen molar-refractivity contribution in [1.82, 2.24) is 14.1 Å². The van der Waals surface area contributed by atoms with E-state index >= 15 is 0 Å². The van der Waals surface area contributed by atoms with Crippen LogP contribution in [0.4, 0.5) is 5.82 Å². The molecule has 0 spiro atoms. The molecule has 8 rings (SSSR count). The van der Waals surface area contributed by atoms with Crippen LogP contribution < -0.4 is 11.1 Å². The summed E-state index contributed by atoms with van der Waals surface area (Å²) in [6.07, 6.45) is 3.37. The summed E-state index contributed by atoms with van der Waals surface area (Å²) < 4.78 is 4.44. The highest BCUT2D eigenvalue weighted by Gasteiger charge is 2.20. The van der Waals surface area contributed by atoms with E-state index in [1.807, 2.05) is 24.4 Å². The van der Waals surface area contributed by atoms with Gasteiger partial charge in [0.2, 0.25) is 0 Å². The molecule has 3 N–H and O–H groups in total. The molecule has 1 unspecified atom stereocenters. The van der Waals surface area contributed by atoms with Gasteiger partial charge in [0.25, 0.3) is 0 Å². The Morgan fingerprint density at radius 3 is 2.19 bits per heavy atom.